The standard InChI is InChI=1S/C52H68N2O13/c1-53(18-14-36-28-46(62-4)47(63-5)29-42(36)44(53)23-34-22-41(33-58)52(65-7)48(24-34)64-6)16-8-20-66-49(59)12-13-50(60)67-21-9-17-54(2)19-15-35-25-38(30-55)39(31-56)27-43(35)51(54)37-10-11-45(61-3)40(26-37)32-57/h10-13,22,24-29,44,51,55-58H,8-9,14-21,23,30-33H2,1-7H3/q+2/b13-12+. The van der Waals surface area contributed by atoms with Crippen LogP contribution in [-0.4, -0.2) is 130 Å². The number of likely N-dealkylation sites (N-methyl/N-ethyl adjacent to an activating group) is 2. The number of benzene rings is 4. The lowest BCUT2D eigenvalue weighted by Crippen LogP contribution is -2.52. The summed E-state index contributed by atoms with van der Waals surface area (Å²) in [5, 5.41) is 40.5. The van der Waals surface area contributed by atoms with Gasteiger partial charge in [0.2, 0.25) is 0 Å². The molecule has 0 spiro atoms. The highest BCUT2D eigenvalue weighted by molar-refractivity contribution is 5.91. The van der Waals surface area contributed by atoms with Gasteiger partial charge in [0.05, 0.1) is 115 Å². The highest BCUT2D eigenvalue weighted by Gasteiger charge is 2.42. The number of rotatable bonds is 22. The van der Waals surface area contributed by atoms with Crippen LogP contribution in [0.5, 0.6) is 28.7 Å². The highest BCUT2D eigenvalue weighted by Crippen LogP contribution is 2.45. The summed E-state index contributed by atoms with van der Waals surface area (Å²) in [4.78, 5) is 25.6. The average molecular weight is 929 g/mol. The molecule has 4 N–H and O–H groups in total. The van der Waals surface area contributed by atoms with Crippen molar-refractivity contribution in [2.45, 2.75) is 70.6 Å². The third kappa shape index (κ3) is 11.4. The van der Waals surface area contributed by atoms with Gasteiger partial charge in [-0.05, 0) is 76.3 Å². The van der Waals surface area contributed by atoms with Gasteiger partial charge in [0, 0.05) is 72.1 Å². The van der Waals surface area contributed by atoms with E-state index in [1.165, 1.54) is 5.56 Å². The van der Waals surface area contributed by atoms with Crippen LogP contribution in [0.2, 0.25) is 0 Å². The molecule has 0 aliphatic carbocycles. The molecule has 362 valence electrons. The summed E-state index contributed by atoms with van der Waals surface area (Å²) in [6.07, 6.45) is 5.47. The first kappa shape index (κ1) is 50.7. The SMILES string of the molecule is COc1ccc(C2c3cc(CO)c(CO)cc3CC[N+]2(C)CCCOC(=O)/C=C/C(=O)OCCC[N+]2(C)CCc3cc(OC)c(OC)cc3C2Cc2cc(CO)c(OC)c(OC)c2)cc1CO. The van der Waals surface area contributed by atoms with Crippen molar-refractivity contribution < 1.29 is 72.1 Å². The van der Waals surface area contributed by atoms with E-state index >= 15 is 0 Å². The minimum absolute atomic E-state index is 0.0273. The predicted molar refractivity (Wildman–Crippen MR) is 250 cm³/mol. The summed E-state index contributed by atoms with van der Waals surface area (Å²) in [6.45, 7) is 2.42. The van der Waals surface area contributed by atoms with E-state index in [-0.39, 0.29) is 51.7 Å². The van der Waals surface area contributed by atoms with E-state index in [0.29, 0.717) is 92.3 Å². The Morgan fingerprint density at radius 1 is 0.582 bits per heavy atom. The Labute approximate surface area is 393 Å². The van der Waals surface area contributed by atoms with E-state index < -0.39 is 11.9 Å². The van der Waals surface area contributed by atoms with Crippen LogP contribution < -0.4 is 23.7 Å². The van der Waals surface area contributed by atoms with Gasteiger partial charge >= 0.3 is 11.9 Å². The molecule has 0 amide bonds. The zero-order valence-electron chi connectivity index (χ0n) is 40.0. The normalized spacial score (nSPS) is 19.9. The van der Waals surface area contributed by atoms with Gasteiger partial charge < -0.3 is 62.6 Å². The minimum Gasteiger partial charge on any atom is -0.496 e. The molecule has 4 atom stereocenters. The van der Waals surface area contributed by atoms with Gasteiger partial charge in [0.1, 0.15) is 17.8 Å². The van der Waals surface area contributed by atoms with Crippen LogP contribution in [0.1, 0.15) is 80.6 Å². The molecule has 0 bridgehead atoms. The monoisotopic (exact) mass is 928 g/mol. The molecule has 0 saturated carbocycles. The van der Waals surface area contributed by atoms with E-state index in [2.05, 4.69) is 20.2 Å². The van der Waals surface area contributed by atoms with E-state index in [9.17, 15) is 30.0 Å². The smallest absolute Gasteiger partial charge is 0.331 e. The molecule has 4 unspecified atom stereocenters. The molecule has 0 radical (unpaired) electrons. The van der Waals surface area contributed by atoms with E-state index in [0.717, 1.165) is 65.9 Å². The number of hydrogen-bond donors (Lipinski definition) is 4. The molecule has 0 fully saturated rings. The number of methoxy groups -OCH3 is 5. The second-order valence-corrected chi connectivity index (χ2v) is 17.8. The fourth-order valence-electron chi connectivity index (χ4n) is 10.2. The lowest BCUT2D eigenvalue weighted by molar-refractivity contribution is -0.941. The Balaban J connectivity index is 1.06. The molecule has 2 aliphatic heterocycles. The lowest BCUT2D eigenvalue weighted by Gasteiger charge is -2.46. The Morgan fingerprint density at radius 3 is 1.72 bits per heavy atom. The Kier molecular flexibility index (Phi) is 17.3. The van der Waals surface area contributed by atoms with Gasteiger partial charge in [0.15, 0.2) is 23.0 Å². The van der Waals surface area contributed by atoms with Gasteiger partial charge in [-0.25, -0.2) is 9.59 Å². The fraction of sp³-hybridized carbons (Fsp3) is 0.462. The van der Waals surface area contributed by atoms with E-state index in [1.807, 2.05) is 48.5 Å². The van der Waals surface area contributed by atoms with Gasteiger partial charge in [-0.1, -0.05) is 6.07 Å². The molecule has 15 heteroatoms. The number of ether oxygens (including phenoxy) is 7. The predicted octanol–water partition coefficient (Wildman–Crippen LogP) is 5.20. The molecule has 0 aromatic heterocycles. The summed E-state index contributed by atoms with van der Waals surface area (Å²) < 4.78 is 40.4. The van der Waals surface area contributed by atoms with Crippen molar-refractivity contribution in [1.29, 1.82) is 0 Å². The van der Waals surface area contributed by atoms with Crippen LogP contribution in [0.15, 0.2) is 66.7 Å². The Hall–Kier alpha value is -5.68. The fourth-order valence-corrected chi connectivity index (χ4v) is 10.2. The van der Waals surface area contributed by atoms with E-state index in [1.54, 1.807) is 35.5 Å². The van der Waals surface area contributed by atoms with Crippen LogP contribution in [0.25, 0.3) is 0 Å². The first-order valence-electron chi connectivity index (χ1n) is 22.8. The molecular formula is C52H68N2O13+2. The number of esters is 2. The van der Waals surface area contributed by atoms with Crippen LogP contribution in [0.4, 0.5) is 0 Å². The summed E-state index contributed by atoms with van der Waals surface area (Å²) >= 11 is 0. The summed E-state index contributed by atoms with van der Waals surface area (Å²) in [7, 11) is 12.3. The van der Waals surface area contributed by atoms with Crippen LogP contribution in [0, 0.1) is 0 Å². The number of hydrogen-bond acceptors (Lipinski definition) is 13. The maximum Gasteiger partial charge on any atom is 0.331 e. The topological polar surface area (TPSA) is 180 Å². The number of aliphatic hydroxyl groups excluding tert-OH is 4. The molecule has 67 heavy (non-hydrogen) atoms. The highest BCUT2D eigenvalue weighted by atomic mass is 16.5. The van der Waals surface area contributed by atoms with Crippen molar-refractivity contribution >= 4 is 11.9 Å². The number of aliphatic hydroxyl groups is 4. The first-order chi connectivity index (χ1) is 32.3. The Bertz CT molecular complexity index is 2380. The third-order valence-corrected chi connectivity index (χ3v) is 13.7. The van der Waals surface area contributed by atoms with Crippen molar-refractivity contribution in [3.05, 3.63) is 122 Å². The Morgan fingerprint density at radius 2 is 1.13 bits per heavy atom. The summed E-state index contributed by atoms with van der Waals surface area (Å²) in [6, 6.07) is 17.6. The van der Waals surface area contributed by atoms with Gasteiger partial charge in [-0.2, -0.15) is 0 Å². The number of carbonyl (C=O) groups excluding carboxylic acids is 2. The van der Waals surface area contributed by atoms with Crippen LogP contribution >= 0.6 is 0 Å². The molecule has 6 rings (SSSR count). The molecule has 4 aromatic rings. The van der Waals surface area contributed by atoms with Gasteiger partial charge in [0.25, 0.3) is 0 Å². The van der Waals surface area contributed by atoms with Crippen molar-refractivity contribution in [2.24, 2.45) is 0 Å². The zero-order chi connectivity index (χ0) is 48.3. The molecule has 2 aliphatic rings. The maximum absolute atomic E-state index is 12.8. The van der Waals surface area contributed by atoms with Crippen LogP contribution in [0.3, 0.4) is 0 Å². The third-order valence-electron chi connectivity index (χ3n) is 13.7. The largest absolute Gasteiger partial charge is 0.496 e. The number of nitrogens with zero attached hydrogens (tertiary/aromatic N) is 2. The van der Waals surface area contributed by atoms with Crippen molar-refractivity contribution in [3.8, 4) is 28.7 Å². The average Bonchev–Trinajstić information content (AvgIpc) is 3.35. The molecule has 15 nitrogen and oxygen atoms in total. The van der Waals surface area contributed by atoms with Gasteiger partial charge in [-0.15, -0.1) is 0 Å². The van der Waals surface area contributed by atoms with E-state index in [4.69, 9.17) is 33.2 Å². The van der Waals surface area contributed by atoms with Gasteiger partial charge in [-0.3, -0.25) is 0 Å². The van der Waals surface area contributed by atoms with Crippen molar-refractivity contribution in [1.82, 2.24) is 0 Å². The number of carbonyl (C=O) groups is 2. The first-order valence-corrected chi connectivity index (χ1v) is 22.8. The second kappa shape index (κ2) is 22.9. The van der Waals surface area contributed by atoms with Crippen molar-refractivity contribution in [3.63, 3.8) is 0 Å². The van der Waals surface area contributed by atoms with Crippen molar-refractivity contribution in [2.75, 3.05) is 89.0 Å². The number of fused-ring (bicyclic) bond motifs is 2. The quantitative estimate of drug-likeness (QED) is 0.0350. The molecule has 4 aromatic carbocycles. The lowest BCUT2D eigenvalue weighted by atomic mass is 9.83. The van der Waals surface area contributed by atoms with Crippen LogP contribution in [-0.2, 0) is 64.8 Å². The maximum atomic E-state index is 12.8. The molecule has 2 heterocycles. The summed E-state index contributed by atoms with van der Waals surface area (Å²) in [5.74, 6) is 1.65. The minimum atomic E-state index is -0.647. The number of quaternary nitrogens is 2. The second-order valence-electron chi connectivity index (χ2n) is 17.8. The molecule has 0 saturated heterocycles. The zero-order valence-corrected chi connectivity index (χ0v) is 40.0. The molecular weight excluding hydrogens is 861 g/mol. The summed E-state index contributed by atoms with van der Waals surface area (Å²) in [5.41, 5.74) is 9.03.